The predicted octanol–water partition coefficient (Wildman–Crippen LogP) is 3.85. The van der Waals surface area contributed by atoms with Crippen LogP contribution in [0.2, 0.25) is 0 Å². The Bertz CT molecular complexity index is 451. The lowest BCUT2D eigenvalue weighted by Crippen LogP contribution is -2.27. The summed E-state index contributed by atoms with van der Waals surface area (Å²) in [6.07, 6.45) is 12.6. The number of Topliss-reactive ketones (excluding diaryl/α,β-unsaturated/α-hetero) is 1. The molecule has 0 amide bonds. The number of nitrogens with zero attached hydrogens (tertiary/aromatic N) is 1. The fourth-order valence-electron chi connectivity index (χ4n) is 3.53. The van der Waals surface area contributed by atoms with Gasteiger partial charge in [0.15, 0.2) is 5.78 Å². The second-order valence-corrected chi connectivity index (χ2v) is 6.56. The Kier molecular flexibility index (Phi) is 3.51. The molecule has 18 heavy (non-hydrogen) atoms. The van der Waals surface area contributed by atoms with Gasteiger partial charge in [0.1, 0.15) is 0 Å². The van der Waals surface area contributed by atoms with Crippen LogP contribution in [0.3, 0.4) is 0 Å². The molecule has 1 saturated carbocycles. The second-order valence-electron chi connectivity index (χ2n) is 5.49. The Morgan fingerprint density at radius 2 is 2.06 bits per heavy atom. The topological polar surface area (TPSA) is 22.0 Å². The molecule has 1 fully saturated rings. The molecule has 98 valence electrons. The normalized spacial score (nSPS) is 28.2. The second kappa shape index (κ2) is 5.12. The number of ketones is 1. The predicted molar refractivity (Wildman–Crippen MR) is 76.5 cm³/mol. The average molecular weight is 263 g/mol. The first-order valence-electron chi connectivity index (χ1n) is 7.07. The molecule has 2 unspecified atom stereocenters. The van der Waals surface area contributed by atoms with Gasteiger partial charge in [-0.25, -0.2) is 0 Å². The van der Waals surface area contributed by atoms with Crippen LogP contribution < -0.4 is 0 Å². The molecular weight excluding hydrogens is 242 g/mol. The Morgan fingerprint density at radius 3 is 2.89 bits per heavy atom. The minimum absolute atomic E-state index is 0.353. The van der Waals surface area contributed by atoms with Gasteiger partial charge in [-0.3, -0.25) is 4.79 Å². The fourth-order valence-corrected chi connectivity index (χ4v) is 4.51. The molecule has 0 spiro atoms. The van der Waals surface area contributed by atoms with Crippen LogP contribution in [0.5, 0.6) is 0 Å². The van der Waals surface area contributed by atoms with Crippen molar-refractivity contribution in [3.63, 3.8) is 0 Å². The highest BCUT2D eigenvalue weighted by Crippen LogP contribution is 2.38. The highest BCUT2D eigenvalue weighted by Gasteiger charge is 2.29. The van der Waals surface area contributed by atoms with Crippen molar-refractivity contribution in [2.75, 3.05) is 6.26 Å². The number of fused-ring (bicyclic) bond motifs is 1. The molecule has 1 aromatic rings. The fraction of sp³-hybridized carbons (Fsp3) is 0.667. The van der Waals surface area contributed by atoms with E-state index in [0.29, 0.717) is 11.8 Å². The number of carbonyl (C=O) groups is 1. The minimum atomic E-state index is 0.353. The zero-order valence-corrected chi connectivity index (χ0v) is 11.8. The number of rotatable bonds is 2. The molecule has 0 aliphatic heterocycles. The monoisotopic (exact) mass is 263 g/mol. The van der Waals surface area contributed by atoms with Crippen LogP contribution in [0.1, 0.15) is 60.6 Å². The summed E-state index contributed by atoms with van der Waals surface area (Å²) in [5.74, 6) is 0.353. The first-order chi connectivity index (χ1) is 8.81. The van der Waals surface area contributed by atoms with Gasteiger partial charge >= 0.3 is 0 Å². The molecule has 0 saturated heterocycles. The summed E-state index contributed by atoms with van der Waals surface area (Å²) in [6, 6.07) is 2.67. The lowest BCUT2D eigenvalue weighted by molar-refractivity contribution is 0.0971. The van der Waals surface area contributed by atoms with Crippen molar-refractivity contribution in [1.82, 2.24) is 4.57 Å². The SMILES string of the molecule is CSC1CCCCC1n1ccc2c1CCCC2=O. The van der Waals surface area contributed by atoms with Crippen molar-refractivity contribution in [3.8, 4) is 0 Å². The molecule has 0 N–H and O–H groups in total. The van der Waals surface area contributed by atoms with Crippen LogP contribution in [-0.2, 0) is 6.42 Å². The van der Waals surface area contributed by atoms with E-state index >= 15 is 0 Å². The van der Waals surface area contributed by atoms with E-state index in [9.17, 15) is 4.79 Å². The number of hydrogen-bond donors (Lipinski definition) is 0. The Hall–Kier alpha value is -0.700. The summed E-state index contributed by atoms with van der Waals surface area (Å²) < 4.78 is 2.44. The van der Waals surface area contributed by atoms with Crippen molar-refractivity contribution in [2.45, 2.75) is 56.2 Å². The third-order valence-electron chi connectivity index (χ3n) is 4.47. The molecule has 2 aliphatic rings. The standard InChI is InChI=1S/C15H21NOS/c1-18-15-8-3-2-5-13(15)16-10-9-11-12(16)6-4-7-14(11)17/h9-10,13,15H,2-8H2,1H3. The van der Waals surface area contributed by atoms with Crippen LogP contribution >= 0.6 is 11.8 Å². The lowest BCUT2D eigenvalue weighted by atomic mass is 9.92. The number of thioether (sulfide) groups is 1. The maximum atomic E-state index is 11.9. The van der Waals surface area contributed by atoms with Gasteiger partial charge in [-0.2, -0.15) is 11.8 Å². The van der Waals surface area contributed by atoms with Gasteiger partial charge < -0.3 is 4.57 Å². The maximum Gasteiger partial charge on any atom is 0.164 e. The molecule has 0 aromatic carbocycles. The average Bonchev–Trinajstić information content (AvgIpc) is 2.84. The molecule has 1 heterocycles. The van der Waals surface area contributed by atoms with Gasteiger partial charge in [0.2, 0.25) is 0 Å². The van der Waals surface area contributed by atoms with Gasteiger partial charge in [-0.05, 0) is 38.0 Å². The number of carbonyl (C=O) groups excluding carboxylic acids is 1. The Morgan fingerprint density at radius 1 is 1.22 bits per heavy atom. The van der Waals surface area contributed by atoms with Crippen LogP contribution in [0.4, 0.5) is 0 Å². The third kappa shape index (κ3) is 2.03. The molecule has 0 radical (unpaired) electrons. The maximum absolute atomic E-state index is 11.9. The van der Waals surface area contributed by atoms with Crippen molar-refractivity contribution in [3.05, 3.63) is 23.5 Å². The first kappa shape index (κ1) is 12.3. The number of aromatic nitrogens is 1. The molecule has 2 aliphatic carbocycles. The zero-order chi connectivity index (χ0) is 12.5. The molecule has 0 bridgehead atoms. The van der Waals surface area contributed by atoms with Crippen LogP contribution in [-0.4, -0.2) is 21.9 Å². The summed E-state index contributed by atoms with van der Waals surface area (Å²) in [4.78, 5) is 11.9. The molecular formula is C15H21NOS. The summed E-state index contributed by atoms with van der Waals surface area (Å²) >= 11 is 2.00. The molecule has 2 atom stereocenters. The van der Waals surface area contributed by atoms with Gasteiger partial charge in [0.25, 0.3) is 0 Å². The van der Waals surface area contributed by atoms with Gasteiger partial charge in [-0.1, -0.05) is 12.8 Å². The zero-order valence-electron chi connectivity index (χ0n) is 11.0. The van der Waals surface area contributed by atoms with E-state index in [1.165, 1.54) is 31.4 Å². The Balaban J connectivity index is 1.94. The summed E-state index contributed by atoms with van der Waals surface area (Å²) in [5.41, 5.74) is 2.32. The van der Waals surface area contributed by atoms with E-state index in [4.69, 9.17) is 0 Å². The molecule has 3 heteroatoms. The van der Waals surface area contributed by atoms with Crippen molar-refractivity contribution in [2.24, 2.45) is 0 Å². The van der Waals surface area contributed by atoms with Crippen molar-refractivity contribution < 1.29 is 4.79 Å². The van der Waals surface area contributed by atoms with E-state index in [1.54, 1.807) is 0 Å². The van der Waals surface area contributed by atoms with E-state index in [2.05, 4.69) is 23.1 Å². The van der Waals surface area contributed by atoms with Crippen molar-refractivity contribution in [1.29, 1.82) is 0 Å². The van der Waals surface area contributed by atoms with Gasteiger partial charge in [-0.15, -0.1) is 0 Å². The van der Waals surface area contributed by atoms with Crippen molar-refractivity contribution >= 4 is 17.5 Å². The lowest BCUT2D eigenvalue weighted by Gasteiger charge is -2.33. The van der Waals surface area contributed by atoms with E-state index < -0.39 is 0 Å². The highest BCUT2D eigenvalue weighted by atomic mass is 32.2. The largest absolute Gasteiger partial charge is 0.347 e. The summed E-state index contributed by atoms with van der Waals surface area (Å²) in [6.45, 7) is 0. The van der Waals surface area contributed by atoms with Crippen LogP contribution in [0.15, 0.2) is 12.3 Å². The minimum Gasteiger partial charge on any atom is -0.347 e. The van der Waals surface area contributed by atoms with E-state index in [-0.39, 0.29) is 0 Å². The van der Waals surface area contributed by atoms with Crippen LogP contribution in [0, 0.1) is 0 Å². The quantitative estimate of drug-likeness (QED) is 0.808. The number of hydrogen-bond acceptors (Lipinski definition) is 2. The smallest absolute Gasteiger partial charge is 0.164 e. The molecule has 1 aromatic heterocycles. The first-order valence-corrected chi connectivity index (χ1v) is 8.35. The summed E-state index contributed by atoms with van der Waals surface area (Å²) in [5, 5.41) is 0.729. The van der Waals surface area contributed by atoms with Gasteiger partial charge in [0.05, 0.1) is 0 Å². The summed E-state index contributed by atoms with van der Waals surface area (Å²) in [7, 11) is 0. The third-order valence-corrected chi connectivity index (χ3v) is 5.63. The van der Waals surface area contributed by atoms with E-state index in [0.717, 1.165) is 30.1 Å². The van der Waals surface area contributed by atoms with E-state index in [1.807, 2.05) is 11.8 Å². The molecule has 3 rings (SSSR count). The Labute approximate surface area is 113 Å². The van der Waals surface area contributed by atoms with Gasteiger partial charge in [0, 0.05) is 35.2 Å². The highest BCUT2D eigenvalue weighted by molar-refractivity contribution is 7.99. The molecule has 2 nitrogen and oxygen atoms in total. The van der Waals surface area contributed by atoms with Crippen LogP contribution in [0.25, 0.3) is 0 Å².